The van der Waals surface area contributed by atoms with Gasteiger partial charge >= 0.3 is 0 Å². The van der Waals surface area contributed by atoms with Crippen molar-refractivity contribution < 1.29 is 9.47 Å². The molecule has 210 valence electrons. The van der Waals surface area contributed by atoms with Gasteiger partial charge in [-0.2, -0.15) is 0 Å². The van der Waals surface area contributed by atoms with E-state index in [-0.39, 0.29) is 27.0 Å². The van der Waals surface area contributed by atoms with Gasteiger partial charge in [0.2, 0.25) is 0 Å². The van der Waals surface area contributed by atoms with E-state index < -0.39 is 22.2 Å². The molecular weight excluding hydrogens is 532 g/mol. The molecule has 0 spiro atoms. The van der Waals surface area contributed by atoms with Crippen molar-refractivity contribution in [2.75, 3.05) is 0 Å². The fourth-order valence-electron chi connectivity index (χ4n) is 5.11. The molecule has 42 heavy (non-hydrogen) atoms. The zero-order chi connectivity index (χ0) is 29.9. The zero-order valence-electron chi connectivity index (χ0n) is 23.8. The Hall–Kier alpha value is -5.24. The van der Waals surface area contributed by atoms with E-state index in [0.29, 0.717) is 22.9 Å². The Labute approximate surface area is 240 Å². The topological polar surface area (TPSA) is 96.6 Å². The van der Waals surface area contributed by atoms with Crippen LogP contribution in [0.3, 0.4) is 0 Å². The third kappa shape index (κ3) is 4.51. The van der Waals surface area contributed by atoms with E-state index in [4.69, 9.17) is 9.47 Å². The summed E-state index contributed by atoms with van der Waals surface area (Å²) in [7, 11) is 1.37. The number of ether oxygens (including phenoxy) is 2. The average Bonchev–Trinajstić information content (AvgIpc) is 3.33. The molecule has 8 heteroatoms. The Kier molecular flexibility index (Phi) is 6.22. The minimum atomic E-state index is -0.555. The van der Waals surface area contributed by atoms with Crippen LogP contribution in [0.1, 0.15) is 31.9 Å². The molecule has 0 atom stereocenters. The largest absolute Gasteiger partial charge is 0.457 e. The van der Waals surface area contributed by atoms with E-state index in [1.54, 1.807) is 24.3 Å². The van der Waals surface area contributed by atoms with Crippen LogP contribution in [0.2, 0.25) is 0 Å². The maximum Gasteiger partial charge on any atom is 0.266 e. The summed E-state index contributed by atoms with van der Waals surface area (Å²) in [6.45, 7) is 8.29. The lowest BCUT2D eigenvalue weighted by atomic mass is 9.86. The summed E-state index contributed by atoms with van der Waals surface area (Å²) in [5.74, 6) is 2.61. The van der Waals surface area contributed by atoms with Crippen LogP contribution >= 0.6 is 0 Å². The molecule has 6 rings (SSSR count). The van der Waals surface area contributed by atoms with Crippen LogP contribution in [-0.4, -0.2) is 9.13 Å². The van der Waals surface area contributed by atoms with Gasteiger partial charge in [0.05, 0.1) is 27.2 Å². The van der Waals surface area contributed by atoms with Crippen LogP contribution in [-0.2, 0) is 12.5 Å². The summed E-state index contributed by atoms with van der Waals surface area (Å²) in [6.07, 6.45) is 0. The first-order chi connectivity index (χ1) is 19.9. The number of aromatic nitrogens is 2. The molecule has 2 aromatic heterocycles. The lowest BCUT2D eigenvalue weighted by Gasteiger charge is -2.23. The van der Waals surface area contributed by atoms with Crippen molar-refractivity contribution in [2.45, 2.75) is 33.1 Å². The second kappa shape index (κ2) is 9.69. The molecule has 0 saturated carbocycles. The van der Waals surface area contributed by atoms with Crippen molar-refractivity contribution in [1.29, 1.82) is 0 Å². The first-order valence-electron chi connectivity index (χ1n) is 13.5. The summed E-state index contributed by atoms with van der Waals surface area (Å²) in [5, 5.41) is 0.437. The number of hydrogen-bond donors (Lipinski definition) is 0. The van der Waals surface area contributed by atoms with E-state index in [9.17, 15) is 19.2 Å². The van der Waals surface area contributed by atoms with E-state index in [1.165, 1.54) is 19.2 Å². The molecule has 0 saturated heterocycles. The molecule has 0 aliphatic rings. The second-order valence-corrected chi connectivity index (χ2v) is 11.5. The highest BCUT2D eigenvalue weighted by molar-refractivity contribution is 5.98. The van der Waals surface area contributed by atoms with Gasteiger partial charge in [-0.3, -0.25) is 23.7 Å². The smallest absolute Gasteiger partial charge is 0.266 e. The molecule has 4 aromatic carbocycles. The van der Waals surface area contributed by atoms with Gasteiger partial charge in [0, 0.05) is 12.6 Å². The third-order valence-corrected chi connectivity index (χ3v) is 7.43. The van der Waals surface area contributed by atoms with Gasteiger partial charge in [0.15, 0.2) is 0 Å². The zero-order valence-corrected chi connectivity index (χ0v) is 23.8. The van der Waals surface area contributed by atoms with E-state index >= 15 is 0 Å². The fourth-order valence-corrected chi connectivity index (χ4v) is 5.11. The molecule has 0 aliphatic carbocycles. The van der Waals surface area contributed by atoms with Gasteiger partial charge in [-0.25, -0.2) is 4.57 Å². The maximum atomic E-state index is 13.2. The molecule has 0 bridgehead atoms. The predicted octanol–water partition coefficient (Wildman–Crippen LogP) is 5.63. The predicted molar refractivity (Wildman–Crippen MR) is 164 cm³/mol. The first-order valence-corrected chi connectivity index (χ1v) is 13.5. The van der Waals surface area contributed by atoms with Gasteiger partial charge < -0.3 is 9.47 Å². The number of hydrogen-bond acceptors (Lipinski definition) is 6. The summed E-state index contributed by atoms with van der Waals surface area (Å²) < 4.78 is 14.3. The van der Waals surface area contributed by atoms with Crippen LogP contribution in [0.5, 0.6) is 23.0 Å². The highest BCUT2D eigenvalue weighted by Crippen LogP contribution is 2.38. The Morgan fingerprint density at radius 3 is 1.60 bits per heavy atom. The molecule has 8 nitrogen and oxygen atoms in total. The Morgan fingerprint density at radius 2 is 1.05 bits per heavy atom. The first kappa shape index (κ1) is 27.0. The average molecular weight is 561 g/mol. The minimum absolute atomic E-state index is 0.0956. The summed E-state index contributed by atoms with van der Waals surface area (Å²) >= 11 is 0. The Bertz CT molecular complexity index is 2130. The van der Waals surface area contributed by atoms with Crippen molar-refractivity contribution in [3.8, 4) is 28.7 Å². The molecular formula is C34H28N2O6. The van der Waals surface area contributed by atoms with Crippen molar-refractivity contribution in [1.82, 2.24) is 9.13 Å². The summed E-state index contributed by atoms with van der Waals surface area (Å²) in [5.41, 5.74) is 0.0890. The van der Waals surface area contributed by atoms with Gasteiger partial charge in [-0.15, -0.1) is 0 Å². The lowest BCUT2D eigenvalue weighted by Crippen LogP contribution is -2.23. The van der Waals surface area contributed by atoms with Gasteiger partial charge in [-0.05, 0) is 79.1 Å². The number of fused-ring (bicyclic) bond motifs is 2. The fraction of sp³-hybridized carbons (Fsp3) is 0.176. The quantitative estimate of drug-likeness (QED) is 0.271. The highest BCUT2D eigenvalue weighted by Gasteiger charge is 2.22. The van der Waals surface area contributed by atoms with E-state index in [1.807, 2.05) is 49.4 Å². The van der Waals surface area contributed by atoms with Crippen LogP contribution in [0.15, 0.2) is 98.0 Å². The standard InChI is InChI=1S/C34H28N2O6/c1-19-6-10-21(11-7-19)41-23-14-15-29(28(16-23)34(2,3)4)42-22-12-8-20(9-13-22)36-32(39)26-17-24-25(18-27(26)33(36)40)31(38)35(5)30(24)37/h6-18H,1-5H3. The summed E-state index contributed by atoms with van der Waals surface area (Å²) in [4.78, 5) is 51.3. The summed E-state index contributed by atoms with van der Waals surface area (Å²) in [6, 6.07) is 22.8. The monoisotopic (exact) mass is 560 g/mol. The molecule has 0 aliphatic heterocycles. The number of nitrogens with zero attached hydrogens (tertiary/aromatic N) is 2. The normalized spacial score (nSPS) is 11.8. The number of aryl methyl sites for hydroxylation is 1. The molecule has 0 radical (unpaired) electrons. The number of benzene rings is 4. The van der Waals surface area contributed by atoms with Gasteiger partial charge in [-0.1, -0.05) is 38.5 Å². The van der Waals surface area contributed by atoms with Crippen LogP contribution in [0.25, 0.3) is 27.2 Å². The molecule has 0 amide bonds. The van der Waals surface area contributed by atoms with Crippen LogP contribution in [0.4, 0.5) is 0 Å². The lowest BCUT2D eigenvalue weighted by molar-refractivity contribution is 0.445. The van der Waals surface area contributed by atoms with Crippen molar-refractivity contribution in [2.24, 2.45) is 7.05 Å². The Balaban J connectivity index is 1.33. The van der Waals surface area contributed by atoms with Gasteiger partial charge in [0.1, 0.15) is 23.0 Å². The van der Waals surface area contributed by atoms with Crippen molar-refractivity contribution in [3.05, 3.63) is 131 Å². The van der Waals surface area contributed by atoms with Crippen LogP contribution in [0, 0.1) is 6.92 Å². The Morgan fingerprint density at radius 1 is 0.571 bits per heavy atom. The highest BCUT2D eigenvalue weighted by atomic mass is 16.5. The van der Waals surface area contributed by atoms with Crippen molar-refractivity contribution in [3.63, 3.8) is 0 Å². The van der Waals surface area contributed by atoms with E-state index in [2.05, 4.69) is 20.8 Å². The SMILES string of the molecule is Cc1ccc(Oc2ccc(Oc3ccc(-n4c(=O)c5cc6c(=O)n(C)c(=O)c6cc5c4=O)cc3)c(C(C)(C)C)c2)cc1. The molecule has 2 heterocycles. The maximum absolute atomic E-state index is 13.2. The molecule has 0 unspecified atom stereocenters. The van der Waals surface area contributed by atoms with Crippen molar-refractivity contribution >= 4 is 21.5 Å². The molecule has 6 aromatic rings. The molecule has 0 N–H and O–H groups in total. The third-order valence-electron chi connectivity index (χ3n) is 7.43. The molecule has 0 fully saturated rings. The van der Waals surface area contributed by atoms with Crippen LogP contribution < -0.4 is 31.7 Å². The van der Waals surface area contributed by atoms with Gasteiger partial charge in [0.25, 0.3) is 22.2 Å². The second-order valence-electron chi connectivity index (χ2n) is 11.5. The van der Waals surface area contributed by atoms with E-state index in [0.717, 1.165) is 26.0 Å². The minimum Gasteiger partial charge on any atom is -0.457 e. The number of rotatable bonds is 5.